The van der Waals surface area contributed by atoms with Crippen molar-refractivity contribution in [1.29, 1.82) is 0 Å². The molecule has 2 N–H and O–H groups in total. The molecule has 0 radical (unpaired) electrons. The molecule has 0 aliphatic carbocycles. The molecular weight excluding hydrogens is 236 g/mol. The van der Waals surface area contributed by atoms with Crippen molar-refractivity contribution in [2.75, 3.05) is 6.54 Å². The molecule has 0 aliphatic heterocycles. The highest BCUT2D eigenvalue weighted by atomic mass is 16.6. The van der Waals surface area contributed by atoms with Gasteiger partial charge in [-0.3, -0.25) is 10.1 Å². The lowest BCUT2D eigenvalue weighted by Crippen LogP contribution is -2.01. The van der Waals surface area contributed by atoms with Crippen molar-refractivity contribution in [3.05, 3.63) is 40.2 Å². The van der Waals surface area contributed by atoms with E-state index in [1.165, 1.54) is 12.1 Å². The first-order chi connectivity index (χ1) is 8.70. The van der Waals surface area contributed by atoms with Gasteiger partial charge in [0.2, 0.25) is 0 Å². The number of nitrogens with zero attached hydrogens (tertiary/aromatic N) is 3. The topological polar surface area (TPSA) is 108 Å². The number of hydrogen-bond donors (Lipinski definition) is 1. The van der Waals surface area contributed by atoms with Gasteiger partial charge in [-0.15, -0.1) is 0 Å². The highest BCUT2D eigenvalue weighted by Gasteiger charge is 2.14. The van der Waals surface area contributed by atoms with Crippen LogP contribution in [-0.2, 0) is 6.42 Å². The van der Waals surface area contributed by atoms with Crippen molar-refractivity contribution in [1.82, 2.24) is 9.97 Å². The molecule has 2 heterocycles. The van der Waals surface area contributed by atoms with Crippen LogP contribution in [0.5, 0.6) is 0 Å². The minimum Gasteiger partial charge on any atom is -0.397 e. The van der Waals surface area contributed by atoms with E-state index < -0.39 is 4.92 Å². The molecule has 0 fully saturated rings. The third kappa shape index (κ3) is 2.69. The monoisotopic (exact) mass is 248 g/mol. The van der Waals surface area contributed by atoms with Crippen molar-refractivity contribution in [2.24, 2.45) is 5.73 Å². The van der Waals surface area contributed by atoms with Gasteiger partial charge in [-0.05, 0) is 31.0 Å². The molecule has 0 spiro atoms. The Hall–Kier alpha value is -2.28. The molecule has 94 valence electrons. The first-order valence-electron chi connectivity index (χ1n) is 5.46. The van der Waals surface area contributed by atoms with Crippen molar-refractivity contribution < 1.29 is 9.34 Å². The number of furan rings is 1. The van der Waals surface area contributed by atoms with E-state index in [9.17, 15) is 10.1 Å². The number of hydrogen-bond acceptors (Lipinski definition) is 6. The van der Waals surface area contributed by atoms with Gasteiger partial charge in [0.05, 0.1) is 6.07 Å². The van der Waals surface area contributed by atoms with E-state index >= 15 is 0 Å². The molecule has 0 saturated carbocycles. The molecule has 0 aliphatic rings. The molecule has 0 saturated heterocycles. The molecule has 7 heteroatoms. The van der Waals surface area contributed by atoms with E-state index in [0.29, 0.717) is 12.4 Å². The summed E-state index contributed by atoms with van der Waals surface area (Å²) in [4.78, 5) is 18.1. The summed E-state index contributed by atoms with van der Waals surface area (Å²) >= 11 is 0. The number of aromatic nitrogens is 2. The number of nitro groups is 1. The zero-order valence-electron chi connectivity index (χ0n) is 9.57. The Morgan fingerprint density at radius 3 is 2.61 bits per heavy atom. The molecule has 0 aromatic carbocycles. The highest BCUT2D eigenvalue weighted by Crippen LogP contribution is 2.22. The van der Waals surface area contributed by atoms with Crippen molar-refractivity contribution in [2.45, 2.75) is 12.8 Å². The summed E-state index contributed by atoms with van der Waals surface area (Å²) in [5, 5.41) is 10.5. The van der Waals surface area contributed by atoms with E-state index in [4.69, 9.17) is 10.2 Å². The van der Waals surface area contributed by atoms with Crippen LogP contribution in [0.25, 0.3) is 11.6 Å². The Morgan fingerprint density at radius 1 is 1.33 bits per heavy atom. The fourth-order valence-corrected chi connectivity index (χ4v) is 1.46. The minimum absolute atomic E-state index is 0.284. The Labute approximate surface area is 103 Å². The molecule has 2 aromatic heterocycles. The lowest BCUT2D eigenvalue weighted by atomic mass is 10.2. The third-order valence-corrected chi connectivity index (χ3v) is 2.37. The number of aryl methyl sites for hydroxylation is 1. The minimum atomic E-state index is -0.598. The summed E-state index contributed by atoms with van der Waals surface area (Å²) in [6, 6.07) is 2.76. The molecule has 0 atom stereocenters. The Morgan fingerprint density at radius 2 is 2.06 bits per heavy atom. The summed E-state index contributed by atoms with van der Waals surface area (Å²) in [5.41, 5.74) is 6.39. The van der Waals surface area contributed by atoms with Crippen LogP contribution in [0, 0.1) is 10.1 Å². The second-order valence-electron chi connectivity index (χ2n) is 3.70. The molecular formula is C11H12N4O3. The zero-order valence-corrected chi connectivity index (χ0v) is 9.57. The van der Waals surface area contributed by atoms with Gasteiger partial charge in [-0.2, -0.15) is 0 Å². The van der Waals surface area contributed by atoms with Gasteiger partial charge < -0.3 is 10.2 Å². The van der Waals surface area contributed by atoms with E-state index in [2.05, 4.69) is 9.97 Å². The Balaban J connectivity index is 2.15. The predicted octanol–water partition coefficient (Wildman–Crippen LogP) is 1.54. The number of rotatable bonds is 5. The average Bonchev–Trinajstić information content (AvgIpc) is 2.87. The van der Waals surface area contributed by atoms with Gasteiger partial charge in [-0.1, -0.05) is 0 Å². The van der Waals surface area contributed by atoms with Crippen LogP contribution in [0.2, 0.25) is 0 Å². The van der Waals surface area contributed by atoms with Crippen LogP contribution in [-0.4, -0.2) is 21.4 Å². The van der Waals surface area contributed by atoms with Gasteiger partial charge in [0.25, 0.3) is 0 Å². The Bertz CT molecular complexity index is 535. The largest absolute Gasteiger partial charge is 0.433 e. The summed E-state index contributed by atoms with van der Waals surface area (Å²) in [5.74, 6) is 0.299. The van der Waals surface area contributed by atoms with Crippen molar-refractivity contribution >= 4 is 5.88 Å². The summed E-state index contributed by atoms with van der Waals surface area (Å²) in [6.45, 7) is 0.617. The lowest BCUT2D eigenvalue weighted by Gasteiger charge is -1.99. The number of nitrogens with two attached hydrogens (primary N) is 1. The second-order valence-corrected chi connectivity index (χ2v) is 3.70. The van der Waals surface area contributed by atoms with Crippen LogP contribution in [0.1, 0.15) is 12.0 Å². The van der Waals surface area contributed by atoms with Crippen LogP contribution < -0.4 is 5.73 Å². The van der Waals surface area contributed by atoms with Gasteiger partial charge in [-0.25, -0.2) is 9.97 Å². The average molecular weight is 248 g/mol. The van der Waals surface area contributed by atoms with Crippen molar-refractivity contribution in [3.8, 4) is 11.6 Å². The quantitative estimate of drug-likeness (QED) is 0.635. The normalized spacial score (nSPS) is 10.5. The molecule has 0 bridgehead atoms. The Kier molecular flexibility index (Phi) is 3.63. The first kappa shape index (κ1) is 12.2. The summed E-state index contributed by atoms with van der Waals surface area (Å²) < 4.78 is 5.01. The van der Waals surface area contributed by atoms with Crippen molar-refractivity contribution in [3.63, 3.8) is 0 Å². The maximum absolute atomic E-state index is 10.5. The molecule has 2 rings (SSSR count). The predicted molar refractivity (Wildman–Crippen MR) is 63.8 cm³/mol. The molecule has 0 unspecified atom stereocenters. The van der Waals surface area contributed by atoms with Gasteiger partial charge >= 0.3 is 5.88 Å². The van der Waals surface area contributed by atoms with Gasteiger partial charge in [0.15, 0.2) is 11.6 Å². The highest BCUT2D eigenvalue weighted by molar-refractivity contribution is 5.48. The van der Waals surface area contributed by atoms with E-state index in [1.807, 2.05) is 0 Å². The zero-order chi connectivity index (χ0) is 13.0. The SMILES string of the molecule is NCCCc1cnc(-c2ccc([N+](=O)[O-])o2)nc1. The van der Waals surface area contributed by atoms with Gasteiger partial charge in [0, 0.05) is 12.4 Å². The van der Waals surface area contributed by atoms with Crippen LogP contribution in [0.4, 0.5) is 5.88 Å². The molecule has 7 nitrogen and oxygen atoms in total. The fraction of sp³-hybridized carbons (Fsp3) is 0.273. The van der Waals surface area contributed by atoms with E-state index in [0.717, 1.165) is 18.4 Å². The second kappa shape index (κ2) is 5.37. The van der Waals surface area contributed by atoms with E-state index in [-0.39, 0.29) is 11.6 Å². The maximum Gasteiger partial charge on any atom is 0.433 e. The smallest absolute Gasteiger partial charge is 0.397 e. The first-order valence-corrected chi connectivity index (χ1v) is 5.46. The van der Waals surface area contributed by atoms with Gasteiger partial charge in [0.1, 0.15) is 4.92 Å². The third-order valence-electron chi connectivity index (χ3n) is 2.37. The lowest BCUT2D eigenvalue weighted by molar-refractivity contribution is -0.401. The van der Waals surface area contributed by atoms with Crippen LogP contribution in [0.15, 0.2) is 28.9 Å². The summed E-state index contributed by atoms with van der Waals surface area (Å²) in [7, 11) is 0. The van der Waals surface area contributed by atoms with E-state index in [1.54, 1.807) is 12.4 Å². The van der Waals surface area contributed by atoms with Crippen LogP contribution >= 0.6 is 0 Å². The van der Waals surface area contributed by atoms with Crippen LogP contribution in [0.3, 0.4) is 0 Å². The molecule has 0 amide bonds. The fourth-order valence-electron chi connectivity index (χ4n) is 1.46. The molecule has 18 heavy (non-hydrogen) atoms. The molecule has 2 aromatic rings. The summed E-state index contributed by atoms with van der Waals surface area (Å²) in [6.07, 6.45) is 5.03. The standard InChI is InChI=1S/C11H12N4O3/c12-5-1-2-8-6-13-11(14-7-8)9-3-4-10(18-9)15(16)17/h3-4,6-7H,1-2,5,12H2. The maximum atomic E-state index is 10.5.